The van der Waals surface area contributed by atoms with Crippen LogP contribution in [0, 0.1) is 11.3 Å². The van der Waals surface area contributed by atoms with E-state index in [1.54, 1.807) is 6.07 Å². The average molecular weight is 169 g/mol. The van der Waals surface area contributed by atoms with Crippen molar-refractivity contribution in [3.8, 4) is 6.07 Å². The predicted molar refractivity (Wildman–Crippen MR) is 38.3 cm³/mol. The fourth-order valence-electron chi connectivity index (χ4n) is 0.743. The van der Waals surface area contributed by atoms with Crippen LogP contribution in [0.5, 0.6) is 0 Å². The van der Waals surface area contributed by atoms with Crippen molar-refractivity contribution in [2.45, 2.75) is 6.43 Å². The monoisotopic (exact) mass is 169 g/mol. The van der Waals surface area contributed by atoms with Crippen LogP contribution in [-0.4, -0.2) is 4.98 Å². The van der Waals surface area contributed by atoms with Gasteiger partial charge in [-0.2, -0.15) is 5.26 Å². The highest BCUT2D eigenvalue weighted by Crippen LogP contribution is 2.18. The molecule has 0 spiro atoms. The molecule has 0 radical (unpaired) electrons. The smallest absolute Gasteiger partial charge is 0.280 e. The van der Waals surface area contributed by atoms with E-state index in [1.807, 2.05) is 0 Å². The maximum Gasteiger partial charge on any atom is 0.280 e. The van der Waals surface area contributed by atoms with Crippen LogP contribution in [0.4, 0.5) is 14.5 Å². The van der Waals surface area contributed by atoms with E-state index in [1.165, 1.54) is 6.07 Å². The standard InChI is InChI=1S/C7H5F2N3/c8-7(9)6-2-4(11)1-5(3-10)12-6/h1-2,7H,(H2,11,12). The molecule has 12 heavy (non-hydrogen) atoms. The second kappa shape index (κ2) is 3.13. The third kappa shape index (κ3) is 1.66. The van der Waals surface area contributed by atoms with Gasteiger partial charge in [-0.05, 0) is 12.1 Å². The molecule has 5 heteroatoms. The van der Waals surface area contributed by atoms with Gasteiger partial charge in [0.05, 0.1) is 0 Å². The molecule has 0 saturated heterocycles. The number of anilines is 1. The van der Waals surface area contributed by atoms with Crippen molar-refractivity contribution >= 4 is 5.69 Å². The van der Waals surface area contributed by atoms with Gasteiger partial charge in [-0.15, -0.1) is 0 Å². The Morgan fingerprint density at radius 1 is 1.50 bits per heavy atom. The number of nitrogen functional groups attached to an aromatic ring is 1. The zero-order chi connectivity index (χ0) is 9.14. The van der Waals surface area contributed by atoms with Gasteiger partial charge in [-0.1, -0.05) is 0 Å². The van der Waals surface area contributed by atoms with Gasteiger partial charge in [0.1, 0.15) is 17.5 Å². The van der Waals surface area contributed by atoms with Crippen LogP contribution in [-0.2, 0) is 0 Å². The van der Waals surface area contributed by atoms with Gasteiger partial charge in [0, 0.05) is 5.69 Å². The summed E-state index contributed by atoms with van der Waals surface area (Å²) >= 11 is 0. The van der Waals surface area contributed by atoms with E-state index < -0.39 is 12.1 Å². The Morgan fingerprint density at radius 3 is 2.67 bits per heavy atom. The minimum atomic E-state index is -2.69. The number of nitrogens with two attached hydrogens (primary N) is 1. The summed E-state index contributed by atoms with van der Waals surface area (Å²) in [5.41, 5.74) is 4.81. The lowest BCUT2D eigenvalue weighted by atomic mass is 10.3. The fraction of sp³-hybridized carbons (Fsp3) is 0.143. The second-order valence-electron chi connectivity index (χ2n) is 2.12. The average Bonchev–Trinajstić information content (AvgIpc) is 2.03. The zero-order valence-electron chi connectivity index (χ0n) is 5.96. The molecule has 0 unspecified atom stereocenters. The van der Waals surface area contributed by atoms with Crippen molar-refractivity contribution < 1.29 is 8.78 Å². The summed E-state index contributed by atoms with van der Waals surface area (Å²) < 4.78 is 24.1. The molecule has 3 nitrogen and oxygen atoms in total. The molecule has 1 aromatic rings. The second-order valence-corrected chi connectivity index (χ2v) is 2.12. The highest BCUT2D eigenvalue weighted by Gasteiger charge is 2.10. The molecule has 1 rings (SSSR count). The van der Waals surface area contributed by atoms with E-state index in [9.17, 15) is 8.78 Å². The maximum absolute atomic E-state index is 12.0. The van der Waals surface area contributed by atoms with Crippen molar-refractivity contribution in [2.24, 2.45) is 0 Å². The molecule has 0 fully saturated rings. The fourth-order valence-corrected chi connectivity index (χ4v) is 0.743. The first-order valence-corrected chi connectivity index (χ1v) is 3.09. The number of hydrogen-bond donors (Lipinski definition) is 1. The lowest BCUT2D eigenvalue weighted by molar-refractivity contribution is 0.146. The van der Waals surface area contributed by atoms with Crippen molar-refractivity contribution in [3.63, 3.8) is 0 Å². The number of rotatable bonds is 1. The molecule has 0 aliphatic rings. The highest BCUT2D eigenvalue weighted by molar-refractivity contribution is 5.43. The minimum absolute atomic E-state index is 0.0923. The lowest BCUT2D eigenvalue weighted by Gasteiger charge is -1.99. The Morgan fingerprint density at radius 2 is 2.17 bits per heavy atom. The van der Waals surface area contributed by atoms with Crippen LogP contribution in [0.25, 0.3) is 0 Å². The Balaban J connectivity index is 3.17. The van der Waals surface area contributed by atoms with Crippen LogP contribution < -0.4 is 5.73 Å². The minimum Gasteiger partial charge on any atom is -0.399 e. The molecule has 0 saturated carbocycles. The van der Waals surface area contributed by atoms with Gasteiger partial charge >= 0.3 is 0 Å². The van der Waals surface area contributed by atoms with E-state index in [2.05, 4.69) is 4.98 Å². The third-order valence-electron chi connectivity index (χ3n) is 1.21. The normalized spacial score (nSPS) is 9.83. The van der Waals surface area contributed by atoms with Crippen molar-refractivity contribution in [2.75, 3.05) is 5.73 Å². The molecule has 62 valence electrons. The molecular formula is C7H5F2N3. The quantitative estimate of drug-likeness (QED) is 0.692. The van der Waals surface area contributed by atoms with Crippen molar-refractivity contribution in [3.05, 3.63) is 23.5 Å². The number of aromatic nitrogens is 1. The van der Waals surface area contributed by atoms with Gasteiger partial charge in [0.25, 0.3) is 6.43 Å². The number of nitrogens with zero attached hydrogens (tertiary/aromatic N) is 2. The van der Waals surface area contributed by atoms with Gasteiger partial charge in [0.2, 0.25) is 0 Å². The van der Waals surface area contributed by atoms with Crippen LogP contribution in [0.15, 0.2) is 12.1 Å². The van der Waals surface area contributed by atoms with Gasteiger partial charge in [-0.25, -0.2) is 13.8 Å². The molecule has 0 aliphatic heterocycles. The number of nitriles is 1. The summed E-state index contributed by atoms with van der Waals surface area (Å²) in [5.74, 6) is 0. The van der Waals surface area contributed by atoms with E-state index in [-0.39, 0.29) is 11.4 Å². The molecule has 0 atom stereocenters. The first kappa shape index (κ1) is 8.40. The molecule has 1 aromatic heterocycles. The maximum atomic E-state index is 12.0. The summed E-state index contributed by atoms with van der Waals surface area (Å²) in [4.78, 5) is 3.36. The van der Waals surface area contributed by atoms with Crippen molar-refractivity contribution in [1.29, 1.82) is 5.26 Å². The lowest BCUT2D eigenvalue weighted by Crippen LogP contribution is -1.96. The Kier molecular flexibility index (Phi) is 2.19. The van der Waals surface area contributed by atoms with E-state index in [0.29, 0.717) is 0 Å². The zero-order valence-corrected chi connectivity index (χ0v) is 5.96. The van der Waals surface area contributed by atoms with Crippen LogP contribution in [0.2, 0.25) is 0 Å². The van der Waals surface area contributed by atoms with E-state index >= 15 is 0 Å². The summed E-state index contributed by atoms with van der Waals surface area (Å²) in [6, 6.07) is 3.93. The molecule has 2 N–H and O–H groups in total. The van der Waals surface area contributed by atoms with Crippen LogP contribution in [0.3, 0.4) is 0 Å². The molecule has 0 aromatic carbocycles. The number of pyridine rings is 1. The first-order valence-electron chi connectivity index (χ1n) is 3.09. The number of hydrogen-bond acceptors (Lipinski definition) is 3. The molecule has 1 heterocycles. The largest absolute Gasteiger partial charge is 0.399 e. The van der Waals surface area contributed by atoms with Gasteiger partial charge in [-0.3, -0.25) is 0 Å². The molecule has 0 amide bonds. The van der Waals surface area contributed by atoms with Crippen LogP contribution in [0.1, 0.15) is 17.8 Å². The Hall–Kier alpha value is -1.70. The Bertz CT molecular complexity index is 330. The van der Waals surface area contributed by atoms with Crippen molar-refractivity contribution in [1.82, 2.24) is 4.98 Å². The van der Waals surface area contributed by atoms with Gasteiger partial charge < -0.3 is 5.73 Å². The topological polar surface area (TPSA) is 62.7 Å². The van der Waals surface area contributed by atoms with E-state index in [0.717, 1.165) is 6.07 Å². The number of halogens is 2. The molecule has 0 aliphatic carbocycles. The SMILES string of the molecule is N#Cc1cc(N)cc(C(F)F)n1. The summed E-state index contributed by atoms with van der Waals surface area (Å²) in [7, 11) is 0. The van der Waals surface area contributed by atoms with Crippen LogP contribution >= 0.6 is 0 Å². The highest BCUT2D eigenvalue weighted by atomic mass is 19.3. The Labute approximate surface area is 67.4 Å². The number of alkyl halides is 2. The summed E-state index contributed by atoms with van der Waals surface area (Å²) in [5, 5.41) is 8.36. The predicted octanol–water partition coefficient (Wildman–Crippen LogP) is 1.47. The first-order chi connectivity index (χ1) is 5.63. The molecule has 0 bridgehead atoms. The van der Waals surface area contributed by atoms with Gasteiger partial charge in [0.15, 0.2) is 0 Å². The molecular weight excluding hydrogens is 164 g/mol. The summed E-state index contributed by atoms with van der Waals surface area (Å²) in [6.45, 7) is 0. The summed E-state index contributed by atoms with van der Waals surface area (Å²) in [6.07, 6.45) is -2.69. The third-order valence-corrected chi connectivity index (χ3v) is 1.21. The van der Waals surface area contributed by atoms with E-state index in [4.69, 9.17) is 11.0 Å².